The first-order chi connectivity index (χ1) is 6.28. The molecular weight excluding hydrogens is 164 g/mol. The second-order valence-corrected chi connectivity index (χ2v) is 3.74. The number of rotatable bonds is 4. The summed E-state index contributed by atoms with van der Waals surface area (Å²) in [5, 5.41) is 3.08. The number of carbonyl (C=O) groups excluding carboxylic acids is 1. The van der Waals surface area contributed by atoms with Gasteiger partial charge in [0.25, 0.3) is 0 Å². The average molecular weight is 178 g/mol. The van der Waals surface area contributed by atoms with Crippen molar-refractivity contribution >= 4 is 5.78 Å². The van der Waals surface area contributed by atoms with Crippen molar-refractivity contribution in [2.75, 3.05) is 13.6 Å². The summed E-state index contributed by atoms with van der Waals surface area (Å²) in [5.41, 5.74) is 0.726. The van der Waals surface area contributed by atoms with Gasteiger partial charge in [0.05, 0.1) is 0 Å². The molecule has 0 saturated heterocycles. The summed E-state index contributed by atoms with van der Waals surface area (Å²) < 4.78 is 0. The number of aromatic nitrogens is 1. The Morgan fingerprint density at radius 3 is 2.92 bits per heavy atom. The largest absolute Gasteiger partial charge is 0.367 e. The third kappa shape index (κ3) is 1.40. The first-order valence-corrected chi connectivity index (χ1v) is 4.61. The third-order valence-electron chi connectivity index (χ3n) is 2.71. The summed E-state index contributed by atoms with van der Waals surface area (Å²) in [4.78, 5) is 14.8. The van der Waals surface area contributed by atoms with Gasteiger partial charge in [0, 0.05) is 29.9 Å². The Morgan fingerprint density at radius 1 is 1.69 bits per heavy atom. The molecule has 3 nitrogen and oxygen atoms in total. The summed E-state index contributed by atoms with van der Waals surface area (Å²) in [6.45, 7) is 0.803. The molecule has 2 N–H and O–H groups in total. The summed E-state index contributed by atoms with van der Waals surface area (Å²) >= 11 is 0. The predicted octanol–water partition coefficient (Wildman–Crippen LogP) is 1.20. The first kappa shape index (κ1) is 8.51. The van der Waals surface area contributed by atoms with Crippen molar-refractivity contribution < 1.29 is 4.79 Å². The topological polar surface area (TPSA) is 44.9 Å². The quantitative estimate of drug-likeness (QED) is 0.680. The number of H-pyrrole nitrogens is 1. The van der Waals surface area contributed by atoms with Crippen molar-refractivity contribution in [2.24, 2.45) is 5.41 Å². The molecule has 0 spiro atoms. The lowest BCUT2D eigenvalue weighted by molar-refractivity contribution is 0.0900. The molecule has 1 saturated carbocycles. The van der Waals surface area contributed by atoms with E-state index in [0.29, 0.717) is 0 Å². The zero-order chi connectivity index (χ0) is 9.31. The fourth-order valence-electron chi connectivity index (χ4n) is 1.74. The van der Waals surface area contributed by atoms with Crippen molar-refractivity contribution in [3.05, 3.63) is 24.0 Å². The van der Waals surface area contributed by atoms with Crippen LogP contribution in [0.1, 0.15) is 23.2 Å². The minimum absolute atomic E-state index is 0.0864. The molecule has 1 aliphatic rings. The predicted molar refractivity (Wildman–Crippen MR) is 50.7 cm³/mol. The van der Waals surface area contributed by atoms with E-state index in [2.05, 4.69) is 10.3 Å². The molecule has 0 amide bonds. The van der Waals surface area contributed by atoms with Crippen LogP contribution in [0.4, 0.5) is 0 Å². The van der Waals surface area contributed by atoms with Gasteiger partial charge < -0.3 is 10.3 Å². The zero-order valence-corrected chi connectivity index (χ0v) is 7.76. The molecule has 13 heavy (non-hydrogen) atoms. The van der Waals surface area contributed by atoms with E-state index < -0.39 is 0 Å². The highest BCUT2D eigenvalue weighted by Gasteiger charge is 2.49. The molecule has 0 aromatic carbocycles. The molecule has 1 aromatic heterocycles. The normalized spacial score (nSPS) is 18.5. The second kappa shape index (κ2) is 3.00. The number of hydrogen-bond acceptors (Lipinski definition) is 2. The van der Waals surface area contributed by atoms with E-state index in [1.165, 1.54) is 0 Å². The van der Waals surface area contributed by atoms with Crippen LogP contribution in [0.25, 0.3) is 0 Å². The summed E-state index contributed by atoms with van der Waals surface area (Å²) in [5.74, 6) is 0.281. The van der Waals surface area contributed by atoms with E-state index in [-0.39, 0.29) is 11.2 Å². The van der Waals surface area contributed by atoms with Gasteiger partial charge in [-0.05, 0) is 26.0 Å². The van der Waals surface area contributed by atoms with Crippen molar-refractivity contribution in [1.29, 1.82) is 0 Å². The van der Waals surface area contributed by atoms with Gasteiger partial charge in [-0.1, -0.05) is 0 Å². The fraction of sp³-hybridized carbons (Fsp3) is 0.500. The van der Waals surface area contributed by atoms with Crippen molar-refractivity contribution in [1.82, 2.24) is 10.3 Å². The van der Waals surface area contributed by atoms with Gasteiger partial charge in [0.2, 0.25) is 0 Å². The number of nitrogens with one attached hydrogen (secondary N) is 2. The highest BCUT2D eigenvalue weighted by Crippen LogP contribution is 2.47. The second-order valence-electron chi connectivity index (χ2n) is 3.74. The molecule has 0 aliphatic heterocycles. The average Bonchev–Trinajstić information content (AvgIpc) is 2.72. The molecule has 3 heteroatoms. The van der Waals surface area contributed by atoms with Gasteiger partial charge in [-0.25, -0.2) is 0 Å². The van der Waals surface area contributed by atoms with E-state index >= 15 is 0 Å². The highest BCUT2D eigenvalue weighted by molar-refractivity contribution is 6.02. The maximum Gasteiger partial charge on any atom is 0.171 e. The molecule has 1 fully saturated rings. The maximum atomic E-state index is 11.9. The lowest BCUT2D eigenvalue weighted by atomic mass is 9.96. The van der Waals surface area contributed by atoms with E-state index in [4.69, 9.17) is 0 Å². The van der Waals surface area contributed by atoms with E-state index in [1.54, 1.807) is 12.4 Å². The molecule has 2 rings (SSSR count). The summed E-state index contributed by atoms with van der Waals surface area (Å²) in [6.07, 6.45) is 5.62. The summed E-state index contributed by atoms with van der Waals surface area (Å²) in [7, 11) is 1.89. The SMILES string of the molecule is CNCC1(C(=O)c2cc[nH]c2)CC1. The summed E-state index contributed by atoms with van der Waals surface area (Å²) in [6, 6.07) is 1.85. The van der Waals surface area contributed by atoms with Crippen molar-refractivity contribution in [3.63, 3.8) is 0 Å². The maximum absolute atomic E-state index is 11.9. The lowest BCUT2D eigenvalue weighted by Gasteiger charge is -2.11. The molecule has 1 aliphatic carbocycles. The molecule has 70 valence electrons. The molecule has 1 heterocycles. The van der Waals surface area contributed by atoms with Gasteiger partial charge in [-0.3, -0.25) is 4.79 Å². The Morgan fingerprint density at radius 2 is 2.46 bits per heavy atom. The van der Waals surface area contributed by atoms with Crippen molar-refractivity contribution in [2.45, 2.75) is 12.8 Å². The molecule has 0 bridgehead atoms. The number of hydrogen-bond donors (Lipinski definition) is 2. The van der Waals surface area contributed by atoms with Crippen LogP contribution in [0.2, 0.25) is 0 Å². The Bertz CT molecular complexity index is 299. The highest BCUT2D eigenvalue weighted by atomic mass is 16.1. The smallest absolute Gasteiger partial charge is 0.171 e. The third-order valence-corrected chi connectivity index (χ3v) is 2.71. The monoisotopic (exact) mass is 178 g/mol. The van der Waals surface area contributed by atoms with Crippen LogP contribution in [0.15, 0.2) is 18.5 Å². The van der Waals surface area contributed by atoms with Crippen LogP contribution >= 0.6 is 0 Å². The van der Waals surface area contributed by atoms with Gasteiger partial charge >= 0.3 is 0 Å². The Balaban J connectivity index is 2.14. The molecule has 0 radical (unpaired) electrons. The first-order valence-electron chi connectivity index (χ1n) is 4.61. The molecule has 0 unspecified atom stereocenters. The van der Waals surface area contributed by atoms with Crippen LogP contribution in [0, 0.1) is 5.41 Å². The van der Waals surface area contributed by atoms with Gasteiger partial charge in [-0.2, -0.15) is 0 Å². The van der Waals surface area contributed by atoms with Crippen LogP contribution in [-0.2, 0) is 0 Å². The molecule has 1 aromatic rings. The number of Topliss-reactive ketones (excluding diaryl/α,β-unsaturated/α-hetero) is 1. The number of carbonyl (C=O) groups is 1. The Labute approximate surface area is 77.5 Å². The van der Waals surface area contributed by atoms with Crippen LogP contribution in [0.5, 0.6) is 0 Å². The molecule has 0 atom stereocenters. The van der Waals surface area contributed by atoms with Gasteiger partial charge in [0.1, 0.15) is 0 Å². The standard InChI is InChI=1S/C10H14N2O/c1-11-7-10(3-4-10)9(13)8-2-5-12-6-8/h2,5-6,11-12H,3-4,7H2,1H3. The minimum atomic E-state index is -0.0864. The number of ketones is 1. The van der Waals surface area contributed by atoms with Gasteiger partial charge in [-0.15, -0.1) is 0 Å². The number of aromatic amines is 1. The zero-order valence-electron chi connectivity index (χ0n) is 7.76. The van der Waals surface area contributed by atoms with Crippen LogP contribution in [0.3, 0.4) is 0 Å². The van der Waals surface area contributed by atoms with Gasteiger partial charge in [0.15, 0.2) is 5.78 Å². The Hall–Kier alpha value is -1.09. The minimum Gasteiger partial charge on any atom is -0.367 e. The Kier molecular flexibility index (Phi) is 1.96. The fourth-order valence-corrected chi connectivity index (χ4v) is 1.74. The van der Waals surface area contributed by atoms with Crippen molar-refractivity contribution in [3.8, 4) is 0 Å². The van der Waals surface area contributed by atoms with E-state index in [0.717, 1.165) is 24.9 Å². The molecular formula is C10H14N2O. The van der Waals surface area contributed by atoms with E-state index in [1.807, 2.05) is 13.1 Å². The lowest BCUT2D eigenvalue weighted by Crippen LogP contribution is -2.27. The van der Waals surface area contributed by atoms with E-state index in [9.17, 15) is 4.79 Å². The van der Waals surface area contributed by atoms with Crippen LogP contribution < -0.4 is 5.32 Å². The van der Waals surface area contributed by atoms with Crippen LogP contribution in [-0.4, -0.2) is 24.4 Å².